The van der Waals surface area contributed by atoms with Crippen LogP contribution in [0.4, 0.5) is 5.95 Å². The van der Waals surface area contributed by atoms with Crippen molar-refractivity contribution in [2.45, 2.75) is 19.5 Å². The van der Waals surface area contributed by atoms with E-state index in [0.717, 1.165) is 34.9 Å². The number of nitrogens with two attached hydrogens (primary N) is 1. The lowest BCUT2D eigenvalue weighted by molar-refractivity contribution is 0.239. The van der Waals surface area contributed by atoms with E-state index in [1.807, 2.05) is 24.3 Å². The van der Waals surface area contributed by atoms with Gasteiger partial charge in [-0.15, -0.1) is 11.3 Å². The van der Waals surface area contributed by atoms with Gasteiger partial charge in [0.25, 0.3) is 5.56 Å². The van der Waals surface area contributed by atoms with Gasteiger partial charge in [0, 0.05) is 42.0 Å². The summed E-state index contributed by atoms with van der Waals surface area (Å²) in [4.78, 5) is 25.8. The summed E-state index contributed by atoms with van der Waals surface area (Å²) in [5.74, 6) is 0.185. The van der Waals surface area contributed by atoms with Crippen LogP contribution in [-0.2, 0) is 19.5 Å². The van der Waals surface area contributed by atoms with Crippen molar-refractivity contribution in [3.8, 4) is 10.6 Å². The van der Waals surface area contributed by atoms with E-state index in [1.165, 1.54) is 0 Å². The van der Waals surface area contributed by atoms with Gasteiger partial charge in [0.1, 0.15) is 5.01 Å². The predicted molar refractivity (Wildman–Crippen MR) is 99.6 cm³/mol. The molecule has 0 aliphatic carbocycles. The monoisotopic (exact) mass is 373 g/mol. The van der Waals surface area contributed by atoms with E-state index in [9.17, 15) is 4.79 Å². The van der Waals surface area contributed by atoms with Gasteiger partial charge in [-0.05, 0) is 12.1 Å². The smallest absolute Gasteiger partial charge is 0.257 e. The van der Waals surface area contributed by atoms with Crippen LogP contribution in [0.25, 0.3) is 10.6 Å². The number of H-pyrrole nitrogens is 1. The third-order valence-corrected chi connectivity index (χ3v) is 5.39. The van der Waals surface area contributed by atoms with Crippen LogP contribution in [-0.4, -0.2) is 26.4 Å². The molecule has 25 heavy (non-hydrogen) atoms. The highest BCUT2D eigenvalue weighted by Gasteiger charge is 2.21. The molecule has 128 valence electrons. The van der Waals surface area contributed by atoms with Crippen molar-refractivity contribution in [1.82, 2.24) is 19.9 Å². The highest BCUT2D eigenvalue weighted by atomic mass is 35.5. The minimum absolute atomic E-state index is 0.146. The van der Waals surface area contributed by atoms with E-state index in [1.54, 1.807) is 11.3 Å². The van der Waals surface area contributed by atoms with Gasteiger partial charge in [0.2, 0.25) is 5.95 Å². The highest BCUT2D eigenvalue weighted by Crippen LogP contribution is 2.26. The highest BCUT2D eigenvalue weighted by molar-refractivity contribution is 7.13. The van der Waals surface area contributed by atoms with Crippen LogP contribution >= 0.6 is 22.9 Å². The molecule has 1 aliphatic rings. The molecule has 3 aromatic rings. The first-order valence-corrected chi connectivity index (χ1v) is 9.14. The average molecular weight is 374 g/mol. The van der Waals surface area contributed by atoms with Crippen LogP contribution in [0.15, 0.2) is 34.4 Å². The Labute approximate surface area is 153 Å². The Morgan fingerprint density at radius 1 is 1.28 bits per heavy atom. The summed E-state index contributed by atoms with van der Waals surface area (Å²) in [5.41, 5.74) is 9.03. The molecule has 0 saturated heterocycles. The molecule has 1 aromatic carbocycles. The first-order valence-electron chi connectivity index (χ1n) is 7.89. The van der Waals surface area contributed by atoms with Crippen molar-refractivity contribution in [2.75, 3.05) is 12.3 Å². The van der Waals surface area contributed by atoms with E-state index >= 15 is 0 Å². The van der Waals surface area contributed by atoms with Gasteiger partial charge in [-0.25, -0.2) is 9.97 Å². The predicted octanol–water partition coefficient (Wildman–Crippen LogP) is 2.69. The van der Waals surface area contributed by atoms with Crippen molar-refractivity contribution in [2.24, 2.45) is 0 Å². The van der Waals surface area contributed by atoms with Gasteiger partial charge in [-0.3, -0.25) is 14.7 Å². The van der Waals surface area contributed by atoms with E-state index in [4.69, 9.17) is 22.3 Å². The fourth-order valence-electron chi connectivity index (χ4n) is 2.97. The lowest BCUT2D eigenvalue weighted by Crippen LogP contribution is -2.35. The van der Waals surface area contributed by atoms with Crippen molar-refractivity contribution < 1.29 is 0 Å². The largest absolute Gasteiger partial charge is 0.369 e. The fraction of sp³-hybridized carbons (Fsp3) is 0.235. The summed E-state index contributed by atoms with van der Waals surface area (Å²) in [6, 6.07) is 7.67. The number of thiazole rings is 1. The standard InChI is InChI=1S/C17H16ClN5OS/c18-11-3-1-10(2-4-11)16-20-12(9-25-16)7-23-6-5-14-13(8-23)15(24)22-17(19)21-14/h1-4,9H,5-8H2,(H3,19,21,22,24). The second-order valence-corrected chi connectivity index (χ2v) is 7.28. The van der Waals surface area contributed by atoms with E-state index in [2.05, 4.69) is 20.2 Å². The lowest BCUT2D eigenvalue weighted by Gasteiger charge is -2.26. The Morgan fingerprint density at radius 2 is 2.08 bits per heavy atom. The molecular weight excluding hydrogens is 358 g/mol. The minimum Gasteiger partial charge on any atom is -0.369 e. The van der Waals surface area contributed by atoms with Crippen LogP contribution < -0.4 is 11.3 Å². The number of rotatable bonds is 3. The normalized spacial score (nSPS) is 14.4. The molecule has 2 aromatic heterocycles. The topological polar surface area (TPSA) is 87.9 Å². The van der Waals surface area contributed by atoms with Crippen molar-refractivity contribution in [1.29, 1.82) is 0 Å². The third-order valence-electron chi connectivity index (χ3n) is 4.19. The maximum Gasteiger partial charge on any atom is 0.257 e. The second-order valence-electron chi connectivity index (χ2n) is 5.99. The quantitative estimate of drug-likeness (QED) is 0.737. The van der Waals surface area contributed by atoms with E-state index in [-0.39, 0.29) is 11.5 Å². The number of hydrogen-bond acceptors (Lipinski definition) is 6. The summed E-state index contributed by atoms with van der Waals surface area (Å²) < 4.78 is 0. The van der Waals surface area contributed by atoms with Crippen LogP contribution in [0.3, 0.4) is 0 Å². The SMILES string of the molecule is Nc1nc2c(c(=O)[nH]1)CN(Cc1csc(-c3ccc(Cl)cc3)n1)CC2. The number of hydrogen-bond donors (Lipinski definition) is 2. The number of anilines is 1. The number of fused-ring (bicyclic) bond motifs is 1. The van der Waals surface area contributed by atoms with Gasteiger partial charge in [-0.2, -0.15) is 0 Å². The molecule has 1 aliphatic heterocycles. The van der Waals surface area contributed by atoms with Crippen molar-refractivity contribution in [3.05, 3.63) is 62.0 Å². The Hall–Kier alpha value is -2.22. The van der Waals surface area contributed by atoms with Crippen molar-refractivity contribution in [3.63, 3.8) is 0 Å². The molecule has 8 heteroatoms. The number of aromatic amines is 1. The zero-order chi connectivity index (χ0) is 17.4. The van der Waals surface area contributed by atoms with Crippen molar-refractivity contribution >= 4 is 28.9 Å². The second kappa shape index (κ2) is 6.59. The summed E-state index contributed by atoms with van der Waals surface area (Å²) in [6.45, 7) is 2.09. The molecule has 0 saturated carbocycles. The Bertz CT molecular complexity index is 966. The summed E-state index contributed by atoms with van der Waals surface area (Å²) in [7, 11) is 0. The van der Waals surface area contributed by atoms with Crippen LogP contribution in [0.5, 0.6) is 0 Å². The molecule has 0 unspecified atom stereocenters. The van der Waals surface area contributed by atoms with Gasteiger partial charge in [0.15, 0.2) is 0 Å². The number of nitrogens with one attached hydrogen (secondary N) is 1. The maximum atomic E-state index is 12.1. The number of halogens is 1. The molecule has 4 rings (SSSR count). The molecule has 0 fully saturated rings. The molecule has 3 heterocycles. The summed E-state index contributed by atoms with van der Waals surface area (Å²) in [6.07, 6.45) is 0.720. The fourth-order valence-corrected chi connectivity index (χ4v) is 3.91. The minimum atomic E-state index is -0.146. The molecule has 0 radical (unpaired) electrons. The molecule has 0 amide bonds. The molecule has 6 nitrogen and oxygen atoms in total. The molecule has 0 spiro atoms. The first kappa shape index (κ1) is 16.3. The van der Waals surface area contributed by atoms with Crippen LogP contribution in [0.2, 0.25) is 5.02 Å². The van der Waals surface area contributed by atoms with Crippen LogP contribution in [0.1, 0.15) is 17.0 Å². The Morgan fingerprint density at radius 3 is 2.88 bits per heavy atom. The molecular formula is C17H16ClN5OS. The average Bonchev–Trinajstić information content (AvgIpc) is 3.04. The summed E-state index contributed by atoms with van der Waals surface area (Å²) >= 11 is 7.54. The molecule has 0 atom stereocenters. The van der Waals surface area contributed by atoms with Crippen LogP contribution in [0, 0.1) is 0 Å². The summed E-state index contributed by atoms with van der Waals surface area (Å²) in [5, 5.41) is 3.74. The first-order chi connectivity index (χ1) is 12.1. The van der Waals surface area contributed by atoms with Gasteiger partial charge < -0.3 is 5.73 Å². The zero-order valence-corrected chi connectivity index (χ0v) is 14.9. The number of nitrogen functional groups attached to an aromatic ring is 1. The Kier molecular flexibility index (Phi) is 4.29. The number of aromatic nitrogens is 3. The van der Waals surface area contributed by atoms with Gasteiger partial charge in [-0.1, -0.05) is 23.7 Å². The maximum absolute atomic E-state index is 12.1. The lowest BCUT2D eigenvalue weighted by atomic mass is 10.1. The number of benzene rings is 1. The number of nitrogens with zero attached hydrogens (tertiary/aromatic N) is 3. The van der Waals surface area contributed by atoms with Gasteiger partial charge in [0.05, 0.1) is 17.0 Å². The zero-order valence-electron chi connectivity index (χ0n) is 13.3. The van der Waals surface area contributed by atoms with E-state index in [0.29, 0.717) is 23.7 Å². The molecule has 3 N–H and O–H groups in total. The third kappa shape index (κ3) is 3.44. The Balaban J connectivity index is 1.50. The van der Waals surface area contributed by atoms with Gasteiger partial charge >= 0.3 is 0 Å². The molecule has 0 bridgehead atoms. The van der Waals surface area contributed by atoms with E-state index < -0.39 is 0 Å².